The topological polar surface area (TPSA) is 58.1 Å². The molecule has 8 heteroatoms. The molecule has 3 rings (SSSR count). The third kappa shape index (κ3) is 5.32. The SMILES string of the molecule is O=C(CSc1ccc(N2CCCCCC2)nn1)Nc1ccc(F)c(Cl)c1. The first-order chi connectivity index (χ1) is 12.6. The van der Waals surface area contributed by atoms with E-state index in [9.17, 15) is 9.18 Å². The number of carbonyl (C=O) groups excluding carboxylic acids is 1. The van der Waals surface area contributed by atoms with Crippen LogP contribution in [0.5, 0.6) is 0 Å². The molecule has 0 atom stereocenters. The van der Waals surface area contributed by atoms with Crippen LogP contribution in [0.15, 0.2) is 35.4 Å². The molecule has 1 N–H and O–H groups in total. The molecule has 26 heavy (non-hydrogen) atoms. The van der Waals surface area contributed by atoms with Gasteiger partial charge in [-0.3, -0.25) is 4.79 Å². The number of halogens is 2. The third-order valence-electron chi connectivity index (χ3n) is 4.11. The monoisotopic (exact) mass is 394 g/mol. The van der Waals surface area contributed by atoms with Gasteiger partial charge in [-0.15, -0.1) is 10.2 Å². The van der Waals surface area contributed by atoms with Crippen molar-refractivity contribution in [3.05, 3.63) is 41.2 Å². The van der Waals surface area contributed by atoms with E-state index in [1.54, 1.807) is 0 Å². The highest BCUT2D eigenvalue weighted by Crippen LogP contribution is 2.22. The molecule has 0 saturated carbocycles. The smallest absolute Gasteiger partial charge is 0.234 e. The van der Waals surface area contributed by atoms with Crippen molar-refractivity contribution >= 4 is 40.8 Å². The zero-order valence-electron chi connectivity index (χ0n) is 14.3. The van der Waals surface area contributed by atoms with E-state index in [-0.39, 0.29) is 16.7 Å². The Morgan fingerprint density at radius 2 is 1.92 bits per heavy atom. The molecule has 5 nitrogen and oxygen atoms in total. The van der Waals surface area contributed by atoms with Crippen LogP contribution in [0.4, 0.5) is 15.9 Å². The van der Waals surface area contributed by atoms with Gasteiger partial charge in [0, 0.05) is 18.8 Å². The molecule has 1 aliphatic heterocycles. The summed E-state index contributed by atoms with van der Waals surface area (Å²) in [4.78, 5) is 14.3. The summed E-state index contributed by atoms with van der Waals surface area (Å²) in [7, 11) is 0. The lowest BCUT2D eigenvalue weighted by atomic mass is 10.2. The number of thioether (sulfide) groups is 1. The molecule has 0 aliphatic carbocycles. The molecule has 0 bridgehead atoms. The minimum Gasteiger partial charge on any atom is -0.355 e. The molecule has 2 heterocycles. The Labute approximate surface area is 161 Å². The van der Waals surface area contributed by atoms with Crippen LogP contribution in [0.3, 0.4) is 0 Å². The van der Waals surface area contributed by atoms with Crippen LogP contribution >= 0.6 is 23.4 Å². The van der Waals surface area contributed by atoms with Crippen LogP contribution in [0, 0.1) is 5.82 Å². The second-order valence-corrected chi connectivity index (χ2v) is 7.50. The standard InChI is InChI=1S/C18H20ClFN4OS/c19-14-11-13(5-6-15(14)20)21-17(25)12-26-18-8-7-16(22-23-18)24-9-3-1-2-4-10-24/h5-8,11H,1-4,9-10,12H2,(H,21,25). The van der Waals surface area contributed by atoms with E-state index in [4.69, 9.17) is 11.6 Å². The number of nitrogens with zero attached hydrogens (tertiary/aromatic N) is 3. The lowest BCUT2D eigenvalue weighted by Gasteiger charge is -2.20. The summed E-state index contributed by atoms with van der Waals surface area (Å²) < 4.78 is 13.1. The molecule has 1 aliphatic rings. The maximum absolute atomic E-state index is 13.1. The largest absolute Gasteiger partial charge is 0.355 e. The first-order valence-electron chi connectivity index (χ1n) is 8.58. The third-order valence-corrected chi connectivity index (χ3v) is 5.32. The number of aromatic nitrogens is 2. The van der Waals surface area contributed by atoms with Crippen LogP contribution in [0.25, 0.3) is 0 Å². The van der Waals surface area contributed by atoms with Crippen molar-refractivity contribution in [2.75, 3.05) is 29.1 Å². The summed E-state index contributed by atoms with van der Waals surface area (Å²) in [6.45, 7) is 2.04. The molecular formula is C18H20ClFN4OS. The van der Waals surface area contributed by atoms with Crippen LogP contribution in [-0.4, -0.2) is 34.9 Å². The highest BCUT2D eigenvalue weighted by molar-refractivity contribution is 7.99. The minimum atomic E-state index is -0.515. The van der Waals surface area contributed by atoms with E-state index in [1.807, 2.05) is 12.1 Å². The molecule has 1 fully saturated rings. The maximum Gasteiger partial charge on any atom is 0.234 e. The molecule has 0 radical (unpaired) electrons. The van der Waals surface area contributed by atoms with Gasteiger partial charge in [0.2, 0.25) is 5.91 Å². The van der Waals surface area contributed by atoms with Gasteiger partial charge in [0.1, 0.15) is 10.8 Å². The minimum absolute atomic E-state index is 0.0228. The Kier molecular flexibility index (Phi) is 6.68. The number of benzene rings is 1. The van der Waals surface area contributed by atoms with Crippen molar-refractivity contribution in [2.45, 2.75) is 30.7 Å². The molecule has 1 aromatic heterocycles. The van der Waals surface area contributed by atoms with Crippen LogP contribution in [-0.2, 0) is 4.79 Å². The number of nitrogens with one attached hydrogen (secondary N) is 1. The zero-order valence-corrected chi connectivity index (χ0v) is 15.8. The van der Waals surface area contributed by atoms with Gasteiger partial charge in [-0.05, 0) is 43.2 Å². The van der Waals surface area contributed by atoms with Gasteiger partial charge in [-0.1, -0.05) is 36.2 Å². The van der Waals surface area contributed by atoms with Gasteiger partial charge >= 0.3 is 0 Å². The van der Waals surface area contributed by atoms with Crippen molar-refractivity contribution in [3.63, 3.8) is 0 Å². The predicted octanol–water partition coefficient (Wildman–Crippen LogP) is 4.38. The fourth-order valence-corrected chi connectivity index (χ4v) is 3.56. The van der Waals surface area contributed by atoms with Gasteiger partial charge in [0.05, 0.1) is 10.8 Å². The summed E-state index contributed by atoms with van der Waals surface area (Å²) >= 11 is 7.01. The van der Waals surface area contributed by atoms with E-state index in [0.29, 0.717) is 10.7 Å². The normalized spacial score (nSPS) is 14.8. The molecule has 0 unspecified atom stereocenters. The lowest BCUT2D eigenvalue weighted by molar-refractivity contribution is -0.113. The zero-order chi connectivity index (χ0) is 18.4. The second-order valence-electron chi connectivity index (χ2n) is 6.10. The number of rotatable bonds is 5. The number of hydrogen-bond donors (Lipinski definition) is 1. The van der Waals surface area contributed by atoms with E-state index < -0.39 is 5.82 Å². The van der Waals surface area contributed by atoms with Crippen LogP contribution in [0.1, 0.15) is 25.7 Å². The summed E-state index contributed by atoms with van der Waals surface area (Å²) in [6.07, 6.45) is 4.91. The Morgan fingerprint density at radius 3 is 2.58 bits per heavy atom. The van der Waals surface area contributed by atoms with Crippen LogP contribution < -0.4 is 10.2 Å². The van der Waals surface area contributed by atoms with Crippen molar-refractivity contribution in [2.24, 2.45) is 0 Å². The lowest BCUT2D eigenvalue weighted by Crippen LogP contribution is -2.25. The van der Waals surface area contributed by atoms with E-state index in [0.717, 1.165) is 18.9 Å². The first kappa shape index (κ1) is 18.9. The number of carbonyl (C=O) groups is 1. The number of hydrogen-bond acceptors (Lipinski definition) is 5. The number of amides is 1. The van der Waals surface area contributed by atoms with Crippen molar-refractivity contribution in [1.82, 2.24) is 10.2 Å². The molecule has 0 spiro atoms. The van der Waals surface area contributed by atoms with Crippen LogP contribution in [0.2, 0.25) is 5.02 Å². The molecule has 138 valence electrons. The van der Waals surface area contributed by atoms with Gasteiger partial charge in [0.25, 0.3) is 0 Å². The maximum atomic E-state index is 13.1. The average Bonchev–Trinajstić information content (AvgIpc) is 2.93. The summed E-state index contributed by atoms with van der Waals surface area (Å²) in [5, 5.41) is 11.9. The summed E-state index contributed by atoms with van der Waals surface area (Å²) in [6, 6.07) is 7.92. The molecule has 2 aromatic rings. The quantitative estimate of drug-likeness (QED) is 0.762. The summed E-state index contributed by atoms with van der Waals surface area (Å²) in [5.74, 6) is 0.351. The van der Waals surface area contributed by atoms with Crippen molar-refractivity contribution in [1.29, 1.82) is 0 Å². The number of anilines is 2. The molecular weight excluding hydrogens is 375 g/mol. The van der Waals surface area contributed by atoms with E-state index >= 15 is 0 Å². The highest BCUT2D eigenvalue weighted by Gasteiger charge is 2.12. The van der Waals surface area contributed by atoms with Crippen molar-refractivity contribution in [3.8, 4) is 0 Å². The Hall–Kier alpha value is -1.86. The fourth-order valence-electron chi connectivity index (χ4n) is 2.77. The fraction of sp³-hybridized carbons (Fsp3) is 0.389. The van der Waals surface area contributed by atoms with Gasteiger partial charge in [0.15, 0.2) is 5.82 Å². The highest BCUT2D eigenvalue weighted by atomic mass is 35.5. The Morgan fingerprint density at radius 1 is 1.15 bits per heavy atom. The molecule has 1 saturated heterocycles. The molecule has 1 amide bonds. The first-order valence-corrected chi connectivity index (χ1v) is 9.94. The Balaban J connectivity index is 1.50. The second kappa shape index (κ2) is 9.19. The Bertz CT molecular complexity index is 751. The average molecular weight is 395 g/mol. The van der Waals surface area contributed by atoms with Gasteiger partial charge in [-0.2, -0.15) is 0 Å². The van der Waals surface area contributed by atoms with E-state index in [2.05, 4.69) is 20.4 Å². The molecule has 1 aromatic carbocycles. The van der Waals surface area contributed by atoms with Gasteiger partial charge in [-0.25, -0.2) is 4.39 Å². The van der Waals surface area contributed by atoms with E-state index in [1.165, 1.54) is 55.6 Å². The van der Waals surface area contributed by atoms with Gasteiger partial charge < -0.3 is 10.2 Å². The predicted molar refractivity (Wildman–Crippen MR) is 103 cm³/mol. The summed E-state index contributed by atoms with van der Waals surface area (Å²) in [5.41, 5.74) is 0.463. The van der Waals surface area contributed by atoms with Crippen molar-refractivity contribution < 1.29 is 9.18 Å².